The fourth-order valence-electron chi connectivity index (χ4n) is 4.76. The number of primary amides is 1. The van der Waals surface area contributed by atoms with Gasteiger partial charge in [0, 0.05) is 22.5 Å². The number of aromatic nitrogens is 1. The number of aliphatic carboxylic acids is 1. The summed E-state index contributed by atoms with van der Waals surface area (Å²) in [7, 11) is -3.61. The minimum absolute atomic E-state index is 0.192. The number of nitrogens with zero attached hydrogens (tertiary/aromatic N) is 1. The molecule has 4 aromatic carbocycles. The lowest BCUT2D eigenvalue weighted by molar-refractivity contribution is -0.139. The number of fused-ring (bicyclic) bond motifs is 3. The number of sulfone groups is 1. The molecule has 3 N–H and O–H groups in total. The number of halogens is 1. The molecule has 0 atom stereocenters. The third-order valence-corrected chi connectivity index (χ3v) is 8.33. The van der Waals surface area contributed by atoms with Gasteiger partial charge in [-0.25, -0.2) is 13.2 Å². The highest BCUT2D eigenvalue weighted by molar-refractivity contribution is 7.90. The number of carbonyl (C=O) groups excluding carboxylic acids is 1. The molecule has 10 heteroatoms. The molecular weight excluding hydrogens is 540 g/mol. The summed E-state index contributed by atoms with van der Waals surface area (Å²) in [6.07, 6.45) is 0. The maximum absolute atomic E-state index is 13.2. The van der Waals surface area contributed by atoms with Crippen LogP contribution in [0.4, 0.5) is 0 Å². The van der Waals surface area contributed by atoms with Gasteiger partial charge in [0.2, 0.25) is 5.91 Å². The lowest BCUT2D eigenvalue weighted by Crippen LogP contribution is -2.12. The third-order valence-electron chi connectivity index (χ3n) is 6.43. The van der Waals surface area contributed by atoms with E-state index in [2.05, 4.69) is 0 Å². The van der Waals surface area contributed by atoms with E-state index in [4.69, 9.17) is 22.1 Å². The van der Waals surface area contributed by atoms with Gasteiger partial charge in [0.05, 0.1) is 27.1 Å². The first-order valence-corrected chi connectivity index (χ1v) is 13.9. The van der Waals surface area contributed by atoms with Crippen LogP contribution in [0.25, 0.3) is 21.8 Å². The molecule has 1 heterocycles. The van der Waals surface area contributed by atoms with Crippen LogP contribution in [-0.2, 0) is 26.9 Å². The molecule has 8 nitrogen and oxygen atoms in total. The SMILES string of the molecule is NC(=O)c1cccc2c1c1c(OCC(=O)O)cc(Cl)cc1n2Cc1ccccc1CS(=O)(=O)c1ccccc1. The van der Waals surface area contributed by atoms with Crippen molar-refractivity contribution < 1.29 is 27.9 Å². The summed E-state index contributed by atoms with van der Waals surface area (Å²) >= 11 is 6.42. The van der Waals surface area contributed by atoms with Crippen LogP contribution in [-0.4, -0.2) is 36.6 Å². The predicted octanol–water partition coefficient (Wildman–Crippen LogP) is 5.03. The van der Waals surface area contributed by atoms with Crippen LogP contribution >= 0.6 is 11.6 Å². The van der Waals surface area contributed by atoms with Gasteiger partial charge in [-0.05, 0) is 47.5 Å². The number of carboxylic acids is 1. The Balaban J connectivity index is 1.70. The van der Waals surface area contributed by atoms with Crippen LogP contribution in [0, 0.1) is 0 Å². The molecule has 39 heavy (non-hydrogen) atoms. The van der Waals surface area contributed by atoms with E-state index >= 15 is 0 Å². The van der Waals surface area contributed by atoms with Crippen LogP contribution in [0.2, 0.25) is 5.02 Å². The van der Waals surface area contributed by atoms with Gasteiger partial charge in [-0.3, -0.25) is 4.79 Å². The molecule has 0 spiro atoms. The van der Waals surface area contributed by atoms with Crippen LogP contribution in [0.5, 0.6) is 5.75 Å². The van der Waals surface area contributed by atoms with Gasteiger partial charge in [-0.15, -0.1) is 0 Å². The molecule has 198 valence electrons. The molecule has 0 saturated heterocycles. The largest absolute Gasteiger partial charge is 0.481 e. The topological polar surface area (TPSA) is 129 Å². The Morgan fingerprint density at radius 1 is 0.872 bits per heavy atom. The molecule has 1 aromatic heterocycles. The van der Waals surface area contributed by atoms with Crippen molar-refractivity contribution in [2.45, 2.75) is 17.2 Å². The fraction of sp³-hybridized carbons (Fsp3) is 0.103. The van der Waals surface area contributed by atoms with E-state index in [-0.39, 0.29) is 28.5 Å². The fourth-order valence-corrected chi connectivity index (χ4v) is 6.39. The molecule has 1 amide bonds. The van der Waals surface area contributed by atoms with Crippen LogP contribution in [0.15, 0.2) is 89.8 Å². The van der Waals surface area contributed by atoms with Gasteiger partial charge in [0.1, 0.15) is 5.75 Å². The van der Waals surface area contributed by atoms with Gasteiger partial charge in [0.25, 0.3) is 0 Å². The maximum Gasteiger partial charge on any atom is 0.341 e. The molecule has 0 aliphatic rings. The number of benzene rings is 4. The highest BCUT2D eigenvalue weighted by atomic mass is 35.5. The highest BCUT2D eigenvalue weighted by Crippen LogP contribution is 2.40. The normalized spacial score (nSPS) is 11.6. The monoisotopic (exact) mass is 562 g/mol. The summed E-state index contributed by atoms with van der Waals surface area (Å²) in [5, 5.41) is 10.5. The first-order valence-electron chi connectivity index (χ1n) is 11.9. The van der Waals surface area contributed by atoms with Crippen molar-refractivity contribution in [1.29, 1.82) is 0 Å². The van der Waals surface area contributed by atoms with E-state index in [1.54, 1.807) is 66.7 Å². The Hall–Kier alpha value is -4.34. The Kier molecular flexibility index (Phi) is 7.03. The minimum atomic E-state index is -3.61. The van der Waals surface area contributed by atoms with Crippen LogP contribution < -0.4 is 10.5 Å². The molecule has 0 radical (unpaired) electrons. The molecule has 0 saturated carbocycles. The van der Waals surface area contributed by atoms with Crippen LogP contribution in [0.1, 0.15) is 21.5 Å². The van der Waals surface area contributed by atoms with E-state index in [1.165, 1.54) is 6.07 Å². The number of hydrogen-bond acceptors (Lipinski definition) is 5. The van der Waals surface area contributed by atoms with Crippen molar-refractivity contribution >= 4 is 55.1 Å². The Morgan fingerprint density at radius 2 is 1.56 bits per heavy atom. The van der Waals surface area contributed by atoms with Crippen molar-refractivity contribution in [2.75, 3.05) is 6.61 Å². The second-order valence-electron chi connectivity index (χ2n) is 8.97. The number of nitrogens with two attached hydrogens (primary N) is 1. The summed E-state index contributed by atoms with van der Waals surface area (Å²) in [6, 6.07) is 23.8. The first kappa shape index (κ1) is 26.3. The molecular formula is C29H23ClN2O6S. The van der Waals surface area contributed by atoms with Crippen molar-refractivity contribution in [3.05, 3.63) is 107 Å². The van der Waals surface area contributed by atoms with E-state index < -0.39 is 28.3 Å². The summed E-state index contributed by atoms with van der Waals surface area (Å²) in [5.41, 5.74) is 8.51. The van der Waals surface area contributed by atoms with Gasteiger partial charge < -0.3 is 20.1 Å². The quantitative estimate of drug-likeness (QED) is 0.259. The van der Waals surface area contributed by atoms with Gasteiger partial charge in [-0.1, -0.05) is 60.1 Å². The zero-order chi connectivity index (χ0) is 27.7. The molecule has 0 unspecified atom stereocenters. The van der Waals surface area contributed by atoms with Crippen molar-refractivity contribution in [1.82, 2.24) is 4.57 Å². The number of ether oxygens (including phenoxy) is 1. The highest BCUT2D eigenvalue weighted by Gasteiger charge is 2.23. The number of amides is 1. The summed E-state index contributed by atoms with van der Waals surface area (Å²) in [4.78, 5) is 23.9. The predicted molar refractivity (Wildman–Crippen MR) is 149 cm³/mol. The van der Waals surface area contributed by atoms with Gasteiger partial charge >= 0.3 is 5.97 Å². The van der Waals surface area contributed by atoms with Crippen molar-refractivity contribution in [3.63, 3.8) is 0 Å². The summed E-state index contributed by atoms with van der Waals surface area (Å²) in [6.45, 7) is -0.373. The van der Waals surface area contributed by atoms with E-state index in [0.717, 1.165) is 5.56 Å². The third kappa shape index (κ3) is 5.19. The van der Waals surface area contributed by atoms with Crippen LogP contribution in [0.3, 0.4) is 0 Å². The zero-order valence-electron chi connectivity index (χ0n) is 20.5. The maximum atomic E-state index is 13.2. The van der Waals surface area contributed by atoms with Gasteiger partial charge in [0.15, 0.2) is 16.4 Å². The number of carboxylic acid groups (broad SMARTS) is 1. The van der Waals surface area contributed by atoms with Gasteiger partial charge in [-0.2, -0.15) is 0 Å². The Morgan fingerprint density at radius 3 is 2.26 bits per heavy atom. The average molecular weight is 563 g/mol. The molecule has 0 bridgehead atoms. The number of carbonyl (C=O) groups is 2. The molecule has 5 aromatic rings. The smallest absolute Gasteiger partial charge is 0.341 e. The Labute approximate surface area is 229 Å². The van der Waals surface area contributed by atoms with E-state index in [0.29, 0.717) is 32.4 Å². The minimum Gasteiger partial charge on any atom is -0.481 e. The second-order valence-corrected chi connectivity index (χ2v) is 11.4. The molecule has 0 aliphatic heterocycles. The average Bonchev–Trinajstić information content (AvgIpc) is 3.21. The lowest BCUT2D eigenvalue weighted by Gasteiger charge is -2.14. The Bertz CT molecular complexity index is 1850. The van der Waals surface area contributed by atoms with Crippen molar-refractivity contribution in [3.8, 4) is 5.75 Å². The lowest BCUT2D eigenvalue weighted by atomic mass is 10.1. The zero-order valence-corrected chi connectivity index (χ0v) is 22.1. The summed E-state index contributed by atoms with van der Waals surface area (Å²) in [5.74, 6) is -1.84. The molecule has 5 rings (SSSR count). The van der Waals surface area contributed by atoms with E-state index in [9.17, 15) is 23.1 Å². The molecule has 0 fully saturated rings. The molecule has 0 aliphatic carbocycles. The number of hydrogen-bond donors (Lipinski definition) is 2. The standard InChI is InChI=1S/C29H23ClN2O6S/c30-20-13-24-28(25(14-20)38-16-26(33)34)27-22(29(31)35)11-6-12-23(27)32(24)15-18-7-4-5-8-19(18)17-39(36,37)21-9-2-1-3-10-21/h1-14H,15-17H2,(H2,31,35)(H,33,34). The number of rotatable bonds is 9. The van der Waals surface area contributed by atoms with Crippen molar-refractivity contribution in [2.24, 2.45) is 5.73 Å². The second kappa shape index (κ2) is 10.4. The first-order chi connectivity index (χ1) is 18.7. The summed E-state index contributed by atoms with van der Waals surface area (Å²) < 4.78 is 33.8. The van der Waals surface area contributed by atoms with E-state index in [1.807, 2.05) is 16.7 Å².